The lowest BCUT2D eigenvalue weighted by molar-refractivity contribution is -0.129. The van der Waals surface area contributed by atoms with Gasteiger partial charge in [0.05, 0.1) is 11.0 Å². The Morgan fingerprint density at radius 3 is 2.58 bits per heavy atom. The van der Waals surface area contributed by atoms with Gasteiger partial charge in [-0.3, -0.25) is 14.8 Å². The number of nitrogens with one attached hydrogen (secondary N) is 1. The zero-order valence-corrected chi connectivity index (χ0v) is 20.4. The largest absolute Gasteiger partial charge is 0.382 e. The summed E-state index contributed by atoms with van der Waals surface area (Å²) < 4.78 is 2.30. The second-order valence-electron chi connectivity index (χ2n) is 9.58. The molecule has 5 aromatic rings. The number of aromatic nitrogens is 3. The van der Waals surface area contributed by atoms with Crippen molar-refractivity contribution in [2.75, 3.05) is 18.4 Å². The van der Waals surface area contributed by atoms with Gasteiger partial charge in [0.1, 0.15) is 0 Å². The molecule has 1 aliphatic heterocycles. The standard InChI is InChI=1S/C30H29N5O/c1-21(36)34-15-10-25(11-16-34)33-26-18-27(30-28(19-26)31-12-13-32-30)24-8-7-23-9-14-35(29(23)17-24)20-22-5-3-2-4-6-22/h2-9,12-14,17-19,25,33H,10-11,15-16,20H2,1H3. The second kappa shape index (κ2) is 9.46. The zero-order valence-electron chi connectivity index (χ0n) is 20.4. The van der Waals surface area contributed by atoms with Crippen LogP contribution in [0.15, 0.2) is 85.3 Å². The van der Waals surface area contributed by atoms with Gasteiger partial charge in [-0.25, -0.2) is 0 Å². The molecule has 2 aromatic heterocycles. The molecule has 1 saturated heterocycles. The van der Waals surface area contributed by atoms with Gasteiger partial charge >= 0.3 is 0 Å². The fraction of sp³-hybridized carbons (Fsp3) is 0.233. The predicted molar refractivity (Wildman–Crippen MR) is 145 cm³/mol. The van der Waals surface area contributed by atoms with Gasteiger partial charge in [-0.15, -0.1) is 0 Å². The maximum atomic E-state index is 11.7. The SMILES string of the molecule is CC(=O)N1CCC(Nc2cc(-c3ccc4ccn(Cc5ccccc5)c4c3)c3nccnc3c2)CC1. The molecule has 0 atom stereocenters. The number of carbonyl (C=O) groups excluding carboxylic acids is 1. The lowest BCUT2D eigenvalue weighted by Gasteiger charge is -2.32. The Morgan fingerprint density at radius 1 is 0.972 bits per heavy atom. The topological polar surface area (TPSA) is 63.1 Å². The number of nitrogens with zero attached hydrogens (tertiary/aromatic N) is 4. The summed E-state index contributed by atoms with van der Waals surface area (Å²) >= 11 is 0. The van der Waals surface area contributed by atoms with Gasteiger partial charge in [-0.1, -0.05) is 42.5 Å². The van der Waals surface area contributed by atoms with Crippen molar-refractivity contribution in [3.8, 4) is 11.1 Å². The summed E-state index contributed by atoms with van der Waals surface area (Å²) in [7, 11) is 0. The molecule has 6 rings (SSSR count). The van der Waals surface area contributed by atoms with Crippen LogP contribution in [-0.2, 0) is 11.3 Å². The Kier molecular flexibility index (Phi) is 5.85. The van der Waals surface area contributed by atoms with Crippen molar-refractivity contribution in [2.45, 2.75) is 32.4 Å². The molecule has 1 fully saturated rings. The molecule has 1 N–H and O–H groups in total. The fourth-order valence-corrected chi connectivity index (χ4v) is 5.22. The molecule has 0 radical (unpaired) electrons. The van der Waals surface area contributed by atoms with Crippen LogP contribution in [-0.4, -0.2) is 44.5 Å². The third-order valence-electron chi connectivity index (χ3n) is 7.17. The highest BCUT2D eigenvalue weighted by Crippen LogP contribution is 2.33. The maximum absolute atomic E-state index is 11.7. The lowest BCUT2D eigenvalue weighted by atomic mass is 10.00. The first-order chi connectivity index (χ1) is 17.6. The van der Waals surface area contributed by atoms with Crippen LogP contribution in [0, 0.1) is 0 Å². The fourth-order valence-electron chi connectivity index (χ4n) is 5.22. The van der Waals surface area contributed by atoms with E-state index in [-0.39, 0.29) is 5.91 Å². The zero-order chi connectivity index (χ0) is 24.5. The van der Waals surface area contributed by atoms with Crippen LogP contribution in [0.25, 0.3) is 33.1 Å². The van der Waals surface area contributed by atoms with Crippen LogP contribution in [0.5, 0.6) is 0 Å². The highest BCUT2D eigenvalue weighted by molar-refractivity contribution is 5.97. The summed E-state index contributed by atoms with van der Waals surface area (Å²) in [6.07, 6.45) is 7.53. The molecule has 0 aliphatic carbocycles. The average molecular weight is 476 g/mol. The van der Waals surface area contributed by atoms with E-state index in [1.54, 1.807) is 19.3 Å². The van der Waals surface area contributed by atoms with E-state index in [1.165, 1.54) is 16.5 Å². The number of carbonyl (C=O) groups is 1. The van der Waals surface area contributed by atoms with Crippen molar-refractivity contribution in [1.29, 1.82) is 0 Å². The molecule has 1 aliphatic rings. The summed E-state index contributed by atoms with van der Waals surface area (Å²) in [6.45, 7) is 4.06. The van der Waals surface area contributed by atoms with Crippen LogP contribution in [0.1, 0.15) is 25.3 Å². The minimum Gasteiger partial charge on any atom is -0.382 e. The number of hydrogen-bond donors (Lipinski definition) is 1. The smallest absolute Gasteiger partial charge is 0.219 e. The van der Waals surface area contributed by atoms with E-state index in [0.717, 1.165) is 60.3 Å². The van der Waals surface area contributed by atoms with Crippen LogP contribution >= 0.6 is 0 Å². The predicted octanol–water partition coefficient (Wildman–Crippen LogP) is 5.72. The van der Waals surface area contributed by atoms with Gasteiger partial charge in [0.2, 0.25) is 5.91 Å². The molecule has 0 unspecified atom stereocenters. The monoisotopic (exact) mass is 475 g/mol. The molecule has 0 saturated carbocycles. The van der Waals surface area contributed by atoms with Crippen molar-refractivity contribution in [3.63, 3.8) is 0 Å². The number of fused-ring (bicyclic) bond motifs is 2. The van der Waals surface area contributed by atoms with E-state index < -0.39 is 0 Å². The first kappa shape index (κ1) is 22.3. The highest BCUT2D eigenvalue weighted by atomic mass is 16.2. The summed E-state index contributed by atoms with van der Waals surface area (Å²) in [5.74, 6) is 0.157. The Hall–Kier alpha value is -4.19. The van der Waals surface area contributed by atoms with Crippen LogP contribution in [0.4, 0.5) is 5.69 Å². The number of rotatable bonds is 5. The number of piperidine rings is 1. The molecular formula is C30H29N5O. The summed E-state index contributed by atoms with van der Waals surface area (Å²) in [5.41, 5.74) is 7.48. The Balaban J connectivity index is 1.35. The Morgan fingerprint density at radius 2 is 1.78 bits per heavy atom. The number of amides is 1. The van der Waals surface area contributed by atoms with Crippen molar-refractivity contribution < 1.29 is 4.79 Å². The van der Waals surface area contributed by atoms with E-state index in [4.69, 9.17) is 4.98 Å². The molecular weight excluding hydrogens is 446 g/mol. The third-order valence-corrected chi connectivity index (χ3v) is 7.17. The van der Waals surface area contributed by atoms with E-state index in [9.17, 15) is 4.79 Å². The molecule has 180 valence electrons. The van der Waals surface area contributed by atoms with Gasteiger partial charge in [0.15, 0.2) is 0 Å². The molecule has 3 aromatic carbocycles. The van der Waals surface area contributed by atoms with Gasteiger partial charge in [-0.05, 0) is 53.6 Å². The average Bonchev–Trinajstić information content (AvgIpc) is 3.31. The van der Waals surface area contributed by atoms with Crippen LogP contribution < -0.4 is 5.32 Å². The molecule has 0 bridgehead atoms. The number of hydrogen-bond acceptors (Lipinski definition) is 4. The van der Waals surface area contributed by atoms with Crippen LogP contribution in [0.3, 0.4) is 0 Å². The van der Waals surface area contributed by atoms with Gasteiger partial charge in [0.25, 0.3) is 0 Å². The molecule has 0 spiro atoms. The van der Waals surface area contributed by atoms with E-state index in [0.29, 0.717) is 6.04 Å². The minimum atomic E-state index is 0.157. The summed E-state index contributed by atoms with van der Waals surface area (Å²) in [4.78, 5) is 22.9. The number of anilines is 1. The lowest BCUT2D eigenvalue weighted by Crippen LogP contribution is -2.41. The van der Waals surface area contributed by atoms with E-state index in [2.05, 4.69) is 87.8 Å². The first-order valence-electron chi connectivity index (χ1n) is 12.5. The van der Waals surface area contributed by atoms with Crippen molar-refractivity contribution in [2.24, 2.45) is 0 Å². The van der Waals surface area contributed by atoms with Crippen molar-refractivity contribution >= 4 is 33.5 Å². The normalized spacial score (nSPS) is 14.4. The summed E-state index contributed by atoms with van der Waals surface area (Å²) in [6, 6.07) is 23.9. The van der Waals surface area contributed by atoms with Gasteiger partial charge in [0, 0.05) is 68.0 Å². The van der Waals surface area contributed by atoms with Gasteiger partial charge < -0.3 is 14.8 Å². The number of likely N-dealkylation sites (tertiary alicyclic amines) is 1. The number of benzene rings is 3. The highest BCUT2D eigenvalue weighted by Gasteiger charge is 2.21. The Bertz CT molecular complexity index is 1530. The van der Waals surface area contributed by atoms with E-state index >= 15 is 0 Å². The van der Waals surface area contributed by atoms with E-state index in [1.807, 2.05) is 4.90 Å². The van der Waals surface area contributed by atoms with Crippen molar-refractivity contribution in [3.05, 3.63) is 90.9 Å². The minimum absolute atomic E-state index is 0.157. The molecule has 36 heavy (non-hydrogen) atoms. The molecule has 1 amide bonds. The Labute approximate surface area is 210 Å². The van der Waals surface area contributed by atoms with Crippen molar-refractivity contribution in [1.82, 2.24) is 19.4 Å². The maximum Gasteiger partial charge on any atom is 0.219 e. The molecule has 3 heterocycles. The first-order valence-corrected chi connectivity index (χ1v) is 12.5. The van der Waals surface area contributed by atoms with Crippen LogP contribution in [0.2, 0.25) is 0 Å². The quantitative estimate of drug-likeness (QED) is 0.353. The second-order valence-corrected chi connectivity index (χ2v) is 9.58. The third kappa shape index (κ3) is 4.42. The molecule has 6 nitrogen and oxygen atoms in total. The molecule has 6 heteroatoms. The summed E-state index contributed by atoms with van der Waals surface area (Å²) in [5, 5.41) is 4.93. The van der Waals surface area contributed by atoms with Gasteiger partial charge in [-0.2, -0.15) is 0 Å².